The molecule has 1 heterocycles. The standard InChI is InChI=1S/C21H26N2O4S/c1-16-15-17-7-4-5-8-20(17)23(16)21(24)9-6-14-22(28(3,25)26)18-10-12-19(27-2)13-11-18/h4-5,7-8,10-13,16H,6,9,14-15H2,1-3H3. The fourth-order valence-electron chi connectivity index (χ4n) is 3.67. The van der Waals surface area contributed by atoms with Gasteiger partial charge in [-0.05, 0) is 55.7 Å². The van der Waals surface area contributed by atoms with Crippen LogP contribution in [0, 0.1) is 0 Å². The van der Waals surface area contributed by atoms with Crippen molar-refractivity contribution in [3.8, 4) is 5.75 Å². The van der Waals surface area contributed by atoms with E-state index < -0.39 is 10.0 Å². The number of amides is 1. The summed E-state index contributed by atoms with van der Waals surface area (Å²) in [5.74, 6) is 0.690. The molecule has 1 unspecified atom stereocenters. The number of anilines is 2. The Bertz CT molecular complexity index is 941. The molecule has 7 heteroatoms. The van der Waals surface area contributed by atoms with Crippen LogP contribution in [0.25, 0.3) is 0 Å². The summed E-state index contributed by atoms with van der Waals surface area (Å²) in [7, 11) is -1.88. The molecule has 0 bridgehead atoms. The number of sulfonamides is 1. The molecule has 28 heavy (non-hydrogen) atoms. The van der Waals surface area contributed by atoms with Crippen LogP contribution < -0.4 is 13.9 Å². The molecule has 0 spiro atoms. The van der Waals surface area contributed by atoms with Gasteiger partial charge in [-0.15, -0.1) is 0 Å². The molecular weight excluding hydrogens is 376 g/mol. The summed E-state index contributed by atoms with van der Waals surface area (Å²) >= 11 is 0. The van der Waals surface area contributed by atoms with Crippen molar-refractivity contribution in [2.45, 2.75) is 32.2 Å². The fourth-order valence-corrected chi connectivity index (χ4v) is 4.64. The Kier molecular flexibility index (Phi) is 5.93. The number of carbonyl (C=O) groups is 1. The van der Waals surface area contributed by atoms with E-state index in [4.69, 9.17) is 4.74 Å². The second-order valence-corrected chi connectivity index (χ2v) is 8.99. The number of nitrogens with zero attached hydrogens (tertiary/aromatic N) is 2. The van der Waals surface area contributed by atoms with Crippen LogP contribution in [0.15, 0.2) is 48.5 Å². The predicted molar refractivity (Wildman–Crippen MR) is 112 cm³/mol. The lowest BCUT2D eigenvalue weighted by molar-refractivity contribution is -0.118. The number of carbonyl (C=O) groups excluding carboxylic acids is 1. The Morgan fingerprint density at radius 3 is 2.50 bits per heavy atom. The quantitative estimate of drug-likeness (QED) is 0.713. The average molecular weight is 403 g/mol. The van der Waals surface area contributed by atoms with E-state index >= 15 is 0 Å². The van der Waals surface area contributed by atoms with Crippen molar-refractivity contribution in [1.82, 2.24) is 0 Å². The molecule has 2 aromatic carbocycles. The molecule has 0 aromatic heterocycles. The van der Waals surface area contributed by atoms with Gasteiger partial charge >= 0.3 is 0 Å². The van der Waals surface area contributed by atoms with Crippen LogP contribution in [0.5, 0.6) is 5.75 Å². The van der Waals surface area contributed by atoms with Crippen LogP contribution in [0.2, 0.25) is 0 Å². The van der Waals surface area contributed by atoms with E-state index in [0.29, 0.717) is 24.3 Å². The summed E-state index contributed by atoms with van der Waals surface area (Å²) in [6.07, 6.45) is 2.77. The van der Waals surface area contributed by atoms with Crippen molar-refractivity contribution in [3.05, 3.63) is 54.1 Å². The first-order valence-corrected chi connectivity index (χ1v) is 11.2. The largest absolute Gasteiger partial charge is 0.497 e. The van der Waals surface area contributed by atoms with Crippen molar-refractivity contribution < 1.29 is 17.9 Å². The Labute approximate surface area is 166 Å². The SMILES string of the molecule is COc1ccc(N(CCCC(=O)N2c3ccccc3CC2C)S(C)(=O)=O)cc1. The van der Waals surface area contributed by atoms with Crippen molar-refractivity contribution in [2.24, 2.45) is 0 Å². The molecule has 0 N–H and O–H groups in total. The molecule has 3 rings (SSSR count). The number of para-hydroxylation sites is 1. The maximum Gasteiger partial charge on any atom is 0.232 e. The molecular formula is C21H26N2O4S. The topological polar surface area (TPSA) is 66.9 Å². The Hall–Kier alpha value is -2.54. The second-order valence-electron chi connectivity index (χ2n) is 7.08. The first kappa shape index (κ1) is 20.2. The van der Waals surface area contributed by atoms with E-state index in [0.717, 1.165) is 12.1 Å². The van der Waals surface area contributed by atoms with E-state index in [-0.39, 0.29) is 18.5 Å². The Morgan fingerprint density at radius 2 is 1.86 bits per heavy atom. The molecule has 6 nitrogen and oxygen atoms in total. The lowest BCUT2D eigenvalue weighted by Crippen LogP contribution is -2.36. The highest BCUT2D eigenvalue weighted by Crippen LogP contribution is 2.32. The van der Waals surface area contributed by atoms with Gasteiger partial charge in [0.1, 0.15) is 5.75 Å². The molecule has 1 amide bonds. The first-order valence-electron chi connectivity index (χ1n) is 9.33. The third-order valence-electron chi connectivity index (χ3n) is 4.99. The second kappa shape index (κ2) is 8.22. The number of ether oxygens (including phenoxy) is 1. The van der Waals surface area contributed by atoms with Crippen LogP contribution in [0.4, 0.5) is 11.4 Å². The Balaban J connectivity index is 1.67. The molecule has 0 saturated carbocycles. The summed E-state index contributed by atoms with van der Waals surface area (Å²) in [6, 6.07) is 14.9. The zero-order valence-electron chi connectivity index (χ0n) is 16.5. The number of fused-ring (bicyclic) bond motifs is 1. The van der Waals surface area contributed by atoms with Crippen molar-refractivity contribution in [3.63, 3.8) is 0 Å². The van der Waals surface area contributed by atoms with Crippen molar-refractivity contribution >= 4 is 27.3 Å². The van der Waals surface area contributed by atoms with Gasteiger partial charge in [-0.1, -0.05) is 18.2 Å². The molecule has 0 radical (unpaired) electrons. The Morgan fingerprint density at radius 1 is 1.18 bits per heavy atom. The zero-order chi connectivity index (χ0) is 20.3. The van der Waals surface area contributed by atoms with Crippen molar-refractivity contribution in [2.75, 3.05) is 29.1 Å². The van der Waals surface area contributed by atoms with Gasteiger partial charge in [0.05, 0.1) is 19.1 Å². The summed E-state index contributed by atoms with van der Waals surface area (Å²) in [5, 5.41) is 0. The number of methoxy groups -OCH3 is 1. The number of hydrogen-bond acceptors (Lipinski definition) is 4. The molecule has 0 fully saturated rings. The summed E-state index contributed by atoms with van der Waals surface area (Å²) in [4.78, 5) is 14.7. The highest BCUT2D eigenvalue weighted by molar-refractivity contribution is 7.92. The zero-order valence-corrected chi connectivity index (χ0v) is 17.3. The molecule has 1 aliphatic heterocycles. The molecule has 0 saturated heterocycles. The summed E-state index contributed by atoms with van der Waals surface area (Å²) in [6.45, 7) is 2.29. The minimum Gasteiger partial charge on any atom is -0.497 e. The molecule has 150 valence electrons. The lowest BCUT2D eigenvalue weighted by atomic mass is 10.1. The minimum absolute atomic E-state index is 0.0284. The van der Waals surface area contributed by atoms with Gasteiger partial charge in [0.25, 0.3) is 0 Å². The smallest absolute Gasteiger partial charge is 0.232 e. The third kappa shape index (κ3) is 4.30. The molecule has 1 aliphatic rings. The predicted octanol–water partition coefficient (Wildman–Crippen LogP) is 3.22. The van der Waals surface area contributed by atoms with Crippen LogP contribution in [0.1, 0.15) is 25.3 Å². The fraction of sp³-hybridized carbons (Fsp3) is 0.381. The van der Waals surface area contributed by atoms with E-state index in [1.807, 2.05) is 36.1 Å². The monoisotopic (exact) mass is 402 g/mol. The van der Waals surface area contributed by atoms with Gasteiger partial charge in [0.2, 0.25) is 15.9 Å². The van der Waals surface area contributed by atoms with E-state index in [9.17, 15) is 13.2 Å². The van der Waals surface area contributed by atoms with Gasteiger partial charge in [-0.2, -0.15) is 0 Å². The third-order valence-corrected chi connectivity index (χ3v) is 6.18. The van der Waals surface area contributed by atoms with Gasteiger partial charge in [0.15, 0.2) is 0 Å². The van der Waals surface area contributed by atoms with Crippen LogP contribution in [-0.2, 0) is 21.2 Å². The van der Waals surface area contributed by atoms with Gasteiger partial charge in [0, 0.05) is 24.7 Å². The first-order chi connectivity index (χ1) is 13.3. The summed E-state index contributed by atoms with van der Waals surface area (Å²) < 4.78 is 30.9. The van der Waals surface area contributed by atoms with Crippen LogP contribution in [-0.4, -0.2) is 40.3 Å². The average Bonchev–Trinajstić information content (AvgIpc) is 3.00. The maximum atomic E-state index is 12.8. The number of benzene rings is 2. The van der Waals surface area contributed by atoms with Crippen LogP contribution >= 0.6 is 0 Å². The normalized spacial score (nSPS) is 16.0. The van der Waals surface area contributed by atoms with E-state index in [2.05, 4.69) is 0 Å². The maximum absolute atomic E-state index is 12.8. The highest BCUT2D eigenvalue weighted by Gasteiger charge is 2.30. The van der Waals surface area contributed by atoms with Gasteiger partial charge in [-0.25, -0.2) is 8.42 Å². The lowest BCUT2D eigenvalue weighted by Gasteiger charge is -2.25. The van der Waals surface area contributed by atoms with Gasteiger partial charge in [-0.3, -0.25) is 9.10 Å². The number of hydrogen-bond donors (Lipinski definition) is 0. The van der Waals surface area contributed by atoms with Gasteiger partial charge < -0.3 is 9.64 Å². The highest BCUT2D eigenvalue weighted by atomic mass is 32.2. The number of rotatable bonds is 7. The summed E-state index contributed by atoms with van der Waals surface area (Å²) in [5.41, 5.74) is 2.71. The molecule has 2 aromatic rings. The van der Waals surface area contributed by atoms with E-state index in [1.54, 1.807) is 31.4 Å². The van der Waals surface area contributed by atoms with E-state index in [1.165, 1.54) is 16.1 Å². The van der Waals surface area contributed by atoms with Crippen molar-refractivity contribution in [1.29, 1.82) is 0 Å². The molecule has 1 atom stereocenters. The minimum atomic E-state index is -3.45. The molecule has 0 aliphatic carbocycles. The van der Waals surface area contributed by atoms with Crippen LogP contribution in [0.3, 0.4) is 0 Å².